The highest BCUT2D eigenvalue weighted by Crippen LogP contribution is 2.27. The summed E-state index contributed by atoms with van der Waals surface area (Å²) in [5, 5.41) is 12.5. The van der Waals surface area contributed by atoms with Crippen LogP contribution >= 0.6 is 0 Å². The van der Waals surface area contributed by atoms with Crippen LogP contribution in [0.25, 0.3) is 0 Å². The maximum absolute atomic E-state index is 11.6. The molecule has 2 N–H and O–H groups in total. The molecule has 0 heterocycles. The number of aliphatic hydroxyl groups excluding tert-OH is 1. The quantitative estimate of drug-likeness (QED) is 0.735. The molecule has 1 unspecified atom stereocenters. The van der Waals surface area contributed by atoms with Gasteiger partial charge in [-0.15, -0.1) is 0 Å². The molecule has 18 heavy (non-hydrogen) atoms. The Kier molecular flexibility index (Phi) is 7.33. The van der Waals surface area contributed by atoms with E-state index in [0.29, 0.717) is 19.4 Å². The third-order valence-electron chi connectivity index (χ3n) is 4.04. The maximum atomic E-state index is 11.6. The summed E-state index contributed by atoms with van der Waals surface area (Å²) in [7, 11) is 0. The van der Waals surface area contributed by atoms with Gasteiger partial charge in [0.15, 0.2) is 0 Å². The molecule has 0 radical (unpaired) electrons. The SMILES string of the molecule is CC(C)C(O)CCNC(=O)CCC1CCCCC1. The second-order valence-electron chi connectivity index (χ2n) is 5.99. The van der Waals surface area contributed by atoms with E-state index in [1.54, 1.807) is 0 Å². The monoisotopic (exact) mass is 255 g/mol. The molecule has 3 nitrogen and oxygen atoms in total. The molecule has 0 bridgehead atoms. The van der Waals surface area contributed by atoms with Crippen molar-refractivity contribution in [3.63, 3.8) is 0 Å². The van der Waals surface area contributed by atoms with Crippen LogP contribution in [0.2, 0.25) is 0 Å². The van der Waals surface area contributed by atoms with E-state index in [1.807, 2.05) is 13.8 Å². The molecule has 1 aliphatic carbocycles. The summed E-state index contributed by atoms with van der Waals surface area (Å²) >= 11 is 0. The minimum Gasteiger partial charge on any atom is -0.393 e. The average molecular weight is 255 g/mol. The molecule has 3 heteroatoms. The Labute approximate surface area is 111 Å². The third-order valence-corrected chi connectivity index (χ3v) is 4.04. The summed E-state index contributed by atoms with van der Waals surface area (Å²) in [6.45, 7) is 4.59. The number of hydrogen-bond acceptors (Lipinski definition) is 2. The fraction of sp³-hybridized carbons (Fsp3) is 0.933. The lowest BCUT2D eigenvalue weighted by molar-refractivity contribution is -0.121. The van der Waals surface area contributed by atoms with Gasteiger partial charge in [0.25, 0.3) is 0 Å². The second kappa shape index (κ2) is 8.52. The fourth-order valence-corrected chi connectivity index (χ4v) is 2.59. The minimum atomic E-state index is -0.302. The van der Waals surface area contributed by atoms with Crippen molar-refractivity contribution < 1.29 is 9.90 Å². The summed E-state index contributed by atoms with van der Waals surface area (Å²) in [6.07, 6.45) is 8.71. The van der Waals surface area contributed by atoms with Gasteiger partial charge in [-0.3, -0.25) is 4.79 Å². The van der Waals surface area contributed by atoms with Gasteiger partial charge in [0.05, 0.1) is 6.10 Å². The average Bonchev–Trinajstić information content (AvgIpc) is 2.37. The molecular weight excluding hydrogens is 226 g/mol. The Morgan fingerprint density at radius 1 is 1.28 bits per heavy atom. The van der Waals surface area contributed by atoms with Crippen molar-refractivity contribution in [2.45, 2.75) is 71.3 Å². The van der Waals surface area contributed by atoms with Gasteiger partial charge < -0.3 is 10.4 Å². The van der Waals surface area contributed by atoms with E-state index in [2.05, 4.69) is 5.32 Å². The molecule has 0 spiro atoms. The van der Waals surface area contributed by atoms with Crippen molar-refractivity contribution in [3.05, 3.63) is 0 Å². The van der Waals surface area contributed by atoms with E-state index < -0.39 is 0 Å². The second-order valence-corrected chi connectivity index (χ2v) is 5.99. The molecular formula is C15H29NO2. The van der Waals surface area contributed by atoms with Gasteiger partial charge in [-0.2, -0.15) is 0 Å². The van der Waals surface area contributed by atoms with Gasteiger partial charge in [-0.25, -0.2) is 0 Å². The lowest BCUT2D eigenvalue weighted by Gasteiger charge is -2.21. The molecule has 1 saturated carbocycles. The fourth-order valence-electron chi connectivity index (χ4n) is 2.59. The number of aliphatic hydroxyl groups is 1. The van der Waals surface area contributed by atoms with Crippen LogP contribution in [-0.2, 0) is 4.79 Å². The molecule has 0 aromatic carbocycles. The summed E-state index contributed by atoms with van der Waals surface area (Å²) in [4.78, 5) is 11.6. The van der Waals surface area contributed by atoms with Gasteiger partial charge >= 0.3 is 0 Å². The largest absolute Gasteiger partial charge is 0.393 e. The Morgan fingerprint density at radius 3 is 2.56 bits per heavy atom. The van der Waals surface area contributed by atoms with Crippen molar-refractivity contribution in [1.29, 1.82) is 0 Å². The van der Waals surface area contributed by atoms with Crippen LogP contribution < -0.4 is 5.32 Å². The molecule has 1 atom stereocenters. The Hall–Kier alpha value is -0.570. The lowest BCUT2D eigenvalue weighted by atomic mass is 9.86. The van der Waals surface area contributed by atoms with Crippen molar-refractivity contribution in [1.82, 2.24) is 5.32 Å². The van der Waals surface area contributed by atoms with Crippen molar-refractivity contribution in [3.8, 4) is 0 Å². The van der Waals surface area contributed by atoms with Gasteiger partial charge in [0, 0.05) is 13.0 Å². The molecule has 1 rings (SSSR count). The maximum Gasteiger partial charge on any atom is 0.220 e. The molecule has 0 saturated heterocycles. The molecule has 1 fully saturated rings. The zero-order valence-corrected chi connectivity index (χ0v) is 12.0. The highest BCUT2D eigenvalue weighted by atomic mass is 16.3. The van der Waals surface area contributed by atoms with Gasteiger partial charge in [0.1, 0.15) is 0 Å². The smallest absolute Gasteiger partial charge is 0.220 e. The van der Waals surface area contributed by atoms with Gasteiger partial charge in [-0.05, 0) is 24.7 Å². The summed E-state index contributed by atoms with van der Waals surface area (Å²) in [5.74, 6) is 1.19. The molecule has 0 aromatic rings. The standard InChI is InChI=1S/C15H29NO2/c1-12(2)14(17)10-11-16-15(18)9-8-13-6-4-3-5-7-13/h12-14,17H,3-11H2,1-2H3,(H,16,18). The van der Waals surface area contributed by atoms with Crippen molar-refractivity contribution >= 4 is 5.91 Å². The zero-order chi connectivity index (χ0) is 13.4. The summed E-state index contributed by atoms with van der Waals surface area (Å²) in [6, 6.07) is 0. The molecule has 0 aliphatic heterocycles. The number of nitrogens with one attached hydrogen (secondary N) is 1. The van der Waals surface area contributed by atoms with Crippen LogP contribution in [0.1, 0.15) is 65.2 Å². The molecule has 1 amide bonds. The Morgan fingerprint density at radius 2 is 1.94 bits per heavy atom. The van der Waals surface area contributed by atoms with Crippen LogP contribution in [0.3, 0.4) is 0 Å². The number of hydrogen-bond donors (Lipinski definition) is 2. The first-order chi connectivity index (χ1) is 8.59. The number of carbonyl (C=O) groups is 1. The van der Waals surface area contributed by atoms with E-state index in [9.17, 15) is 9.90 Å². The van der Waals surface area contributed by atoms with Crippen LogP contribution in [0.5, 0.6) is 0 Å². The van der Waals surface area contributed by atoms with E-state index in [0.717, 1.165) is 12.3 Å². The highest BCUT2D eigenvalue weighted by molar-refractivity contribution is 5.75. The normalized spacial score (nSPS) is 18.9. The minimum absolute atomic E-state index is 0.150. The molecule has 106 valence electrons. The highest BCUT2D eigenvalue weighted by Gasteiger charge is 2.15. The number of carbonyl (C=O) groups excluding carboxylic acids is 1. The van der Waals surface area contributed by atoms with Crippen molar-refractivity contribution in [2.24, 2.45) is 11.8 Å². The van der Waals surface area contributed by atoms with Crippen molar-refractivity contribution in [2.75, 3.05) is 6.54 Å². The molecule has 0 aromatic heterocycles. The zero-order valence-electron chi connectivity index (χ0n) is 12.0. The van der Waals surface area contributed by atoms with Gasteiger partial charge in [-0.1, -0.05) is 46.0 Å². The molecule has 1 aliphatic rings. The lowest BCUT2D eigenvalue weighted by Crippen LogP contribution is -2.29. The predicted octanol–water partition coefficient (Wildman–Crippen LogP) is 2.87. The number of amides is 1. The summed E-state index contributed by atoms with van der Waals surface area (Å²) in [5.41, 5.74) is 0. The van der Waals surface area contributed by atoms with E-state index >= 15 is 0 Å². The van der Waals surface area contributed by atoms with Gasteiger partial charge in [0.2, 0.25) is 5.91 Å². The first kappa shape index (κ1) is 15.5. The first-order valence-corrected chi connectivity index (χ1v) is 7.54. The van der Waals surface area contributed by atoms with Crippen LogP contribution in [-0.4, -0.2) is 23.7 Å². The van der Waals surface area contributed by atoms with Crippen LogP contribution in [0, 0.1) is 11.8 Å². The topological polar surface area (TPSA) is 49.3 Å². The van der Waals surface area contributed by atoms with E-state index in [-0.39, 0.29) is 17.9 Å². The Bertz CT molecular complexity index is 235. The van der Waals surface area contributed by atoms with Crippen LogP contribution in [0.4, 0.5) is 0 Å². The van der Waals surface area contributed by atoms with E-state index in [1.165, 1.54) is 32.1 Å². The number of rotatable bonds is 7. The van der Waals surface area contributed by atoms with Crippen LogP contribution in [0.15, 0.2) is 0 Å². The van der Waals surface area contributed by atoms with E-state index in [4.69, 9.17) is 0 Å². The predicted molar refractivity (Wildman–Crippen MR) is 74.3 cm³/mol. The first-order valence-electron chi connectivity index (χ1n) is 7.54. The third kappa shape index (κ3) is 6.39. The Balaban J connectivity index is 2.03. The summed E-state index contributed by atoms with van der Waals surface area (Å²) < 4.78 is 0.